The van der Waals surface area contributed by atoms with E-state index in [0.717, 1.165) is 17.1 Å². The van der Waals surface area contributed by atoms with E-state index in [9.17, 15) is 0 Å². The second kappa shape index (κ2) is 37.7. The maximum Gasteiger partial charge on any atom is 0.115 e. The van der Waals surface area contributed by atoms with Gasteiger partial charge in [0.2, 0.25) is 0 Å². The number of rotatable bonds is 0. The van der Waals surface area contributed by atoms with Crippen LogP contribution in [0.25, 0.3) is 0 Å². The van der Waals surface area contributed by atoms with E-state index >= 15 is 0 Å². The van der Waals surface area contributed by atoms with E-state index in [4.69, 9.17) is 0 Å². The SMILES string of the molecule is C.CC.CC.CC.CC.CC.Cc1cccnc1C(C)(C)C.Cc1ccncc1C(C)(C)C.Cc1cncnc1C(C)(C)C.Cc1ncccc1C(C)(C)C.Cc1ncncc1C(C)(C)C. The zero-order valence-corrected chi connectivity index (χ0v) is 48.1. The fraction of sp³-hybridized carbons (Fsp3) is 0.610. The summed E-state index contributed by atoms with van der Waals surface area (Å²) in [6, 6.07) is 10.3. The van der Waals surface area contributed by atoms with Crippen molar-refractivity contribution in [1.82, 2.24) is 34.9 Å². The van der Waals surface area contributed by atoms with Gasteiger partial charge in [-0.25, -0.2) is 19.9 Å². The molecule has 0 aliphatic heterocycles. The van der Waals surface area contributed by atoms with E-state index in [0.29, 0.717) is 0 Å². The summed E-state index contributed by atoms with van der Waals surface area (Å²) in [6.45, 7) is 63.1. The normalized spacial score (nSPS) is 10.2. The Bertz CT molecular complexity index is 1560. The van der Waals surface area contributed by atoms with Crippen molar-refractivity contribution in [2.75, 3.05) is 0 Å². The molecule has 0 saturated carbocycles. The van der Waals surface area contributed by atoms with E-state index in [1.165, 1.54) is 39.1 Å². The highest BCUT2D eigenvalue weighted by atomic mass is 14.8. The summed E-state index contributed by atoms with van der Waals surface area (Å²) < 4.78 is 0. The van der Waals surface area contributed by atoms with Crippen molar-refractivity contribution in [3.63, 3.8) is 0 Å². The molecule has 0 radical (unpaired) electrons. The van der Waals surface area contributed by atoms with Gasteiger partial charge in [-0.05, 0) is 102 Å². The second-order valence-corrected chi connectivity index (χ2v) is 19.3. The van der Waals surface area contributed by atoms with Crippen LogP contribution in [0.2, 0.25) is 0 Å². The monoisotopic (exact) mass is 914 g/mol. The van der Waals surface area contributed by atoms with Gasteiger partial charge in [-0.1, -0.05) is 193 Å². The van der Waals surface area contributed by atoms with Gasteiger partial charge < -0.3 is 0 Å². The molecule has 7 heteroatoms. The van der Waals surface area contributed by atoms with Crippen LogP contribution in [0.1, 0.15) is 237 Å². The molecule has 5 aromatic rings. The Morgan fingerprint density at radius 3 is 1.00 bits per heavy atom. The molecule has 66 heavy (non-hydrogen) atoms. The number of pyridine rings is 3. The van der Waals surface area contributed by atoms with Crippen molar-refractivity contribution < 1.29 is 0 Å². The van der Waals surface area contributed by atoms with Crippen LogP contribution in [-0.4, -0.2) is 34.9 Å². The maximum absolute atomic E-state index is 4.35. The molecule has 5 heterocycles. The van der Waals surface area contributed by atoms with Gasteiger partial charge in [0.15, 0.2) is 0 Å². The molecule has 7 nitrogen and oxygen atoms in total. The minimum absolute atomic E-state index is 0. The molecule has 0 aliphatic rings. The molecule has 0 amide bonds. The molecule has 0 bridgehead atoms. The van der Waals surface area contributed by atoms with Crippen molar-refractivity contribution in [2.45, 2.75) is 242 Å². The molecular formula is C59H107N7. The standard InChI is InChI=1S/3C10H15N.2C9H14N2.5C2H6.CH4/c1-8-5-6-11-7-9(8)10(2,3)4;1-8-9(10(2,3)4)6-5-7-11-8;1-8-6-5-7-11-9(8)10(2,3)4;1-7-8(9(2,3)4)5-10-6-11-7;1-7-5-10-6-11-8(7)9(2,3)4;5*1-2;/h3*5-7H,1-4H3;2*5-6H,1-4H3;5*1-2H3;1H4. The van der Waals surface area contributed by atoms with Gasteiger partial charge >= 0.3 is 0 Å². The first-order chi connectivity index (χ1) is 30.1. The molecule has 0 spiro atoms. The van der Waals surface area contributed by atoms with Crippen molar-refractivity contribution in [3.05, 3.63) is 136 Å². The largest absolute Gasteiger partial charge is 0.264 e. The second-order valence-electron chi connectivity index (χ2n) is 19.3. The predicted octanol–water partition coefficient (Wildman–Crippen LogP) is 18.0. The molecule has 0 N–H and O–H groups in total. The van der Waals surface area contributed by atoms with Gasteiger partial charge in [-0.2, -0.15) is 0 Å². The Morgan fingerprint density at radius 2 is 0.697 bits per heavy atom. The molecule has 0 fully saturated rings. The lowest BCUT2D eigenvalue weighted by molar-refractivity contribution is 0.562. The van der Waals surface area contributed by atoms with Crippen LogP contribution < -0.4 is 0 Å². The summed E-state index contributed by atoms with van der Waals surface area (Å²) in [6.07, 6.45) is 14.4. The topological polar surface area (TPSA) is 90.2 Å². The molecular weight excluding hydrogens is 807 g/mol. The third-order valence-electron chi connectivity index (χ3n) is 8.71. The first-order valence-electron chi connectivity index (χ1n) is 24.4. The lowest BCUT2D eigenvalue weighted by Gasteiger charge is -2.20. The highest BCUT2D eigenvalue weighted by molar-refractivity contribution is 5.28. The van der Waals surface area contributed by atoms with Gasteiger partial charge in [-0.15, -0.1) is 0 Å². The van der Waals surface area contributed by atoms with Gasteiger partial charge in [0, 0.05) is 65.1 Å². The summed E-state index contributed by atoms with van der Waals surface area (Å²) >= 11 is 0. The van der Waals surface area contributed by atoms with Crippen LogP contribution in [0, 0.1) is 34.6 Å². The van der Waals surface area contributed by atoms with Crippen LogP contribution >= 0.6 is 0 Å². The average Bonchev–Trinajstić information content (AvgIpc) is 3.24. The molecule has 378 valence electrons. The summed E-state index contributed by atoms with van der Waals surface area (Å²) in [5, 5.41) is 0. The third kappa shape index (κ3) is 31.5. The molecule has 5 rings (SSSR count). The third-order valence-corrected chi connectivity index (χ3v) is 8.71. The lowest BCUT2D eigenvalue weighted by atomic mass is 9.86. The van der Waals surface area contributed by atoms with Crippen molar-refractivity contribution >= 4 is 0 Å². The molecule has 5 aromatic heterocycles. The number of hydrogen-bond acceptors (Lipinski definition) is 7. The maximum atomic E-state index is 4.35. The highest BCUT2D eigenvalue weighted by Crippen LogP contribution is 2.26. The van der Waals surface area contributed by atoms with E-state index < -0.39 is 0 Å². The zero-order chi connectivity index (χ0) is 52.4. The van der Waals surface area contributed by atoms with Crippen LogP contribution in [-0.2, 0) is 27.1 Å². The minimum atomic E-state index is 0. The van der Waals surface area contributed by atoms with E-state index in [1.807, 2.05) is 132 Å². The first kappa shape index (κ1) is 73.2. The van der Waals surface area contributed by atoms with Crippen LogP contribution in [0.15, 0.2) is 80.2 Å². The molecule has 0 aromatic carbocycles. The lowest BCUT2D eigenvalue weighted by Crippen LogP contribution is -2.15. The Kier molecular flexibility index (Phi) is 41.8. The first-order valence-corrected chi connectivity index (χ1v) is 24.4. The fourth-order valence-electron chi connectivity index (χ4n) is 6.11. The van der Waals surface area contributed by atoms with Crippen LogP contribution in [0.3, 0.4) is 0 Å². The van der Waals surface area contributed by atoms with Gasteiger partial charge in [0.25, 0.3) is 0 Å². The average molecular weight is 915 g/mol. The number of nitrogens with zero attached hydrogens (tertiary/aromatic N) is 7. The summed E-state index contributed by atoms with van der Waals surface area (Å²) in [5.74, 6) is 0. The van der Waals surface area contributed by atoms with Gasteiger partial charge in [0.1, 0.15) is 12.7 Å². The fourth-order valence-corrected chi connectivity index (χ4v) is 6.11. The Morgan fingerprint density at radius 1 is 0.318 bits per heavy atom. The van der Waals surface area contributed by atoms with Gasteiger partial charge in [0.05, 0.1) is 5.69 Å². The Hall–Kier alpha value is -4.39. The molecule has 0 unspecified atom stereocenters. The predicted molar refractivity (Wildman–Crippen MR) is 297 cm³/mol. The molecule has 0 aliphatic carbocycles. The van der Waals surface area contributed by atoms with Crippen molar-refractivity contribution in [2.24, 2.45) is 0 Å². The van der Waals surface area contributed by atoms with Crippen molar-refractivity contribution in [3.8, 4) is 0 Å². The van der Waals surface area contributed by atoms with Crippen LogP contribution in [0.5, 0.6) is 0 Å². The van der Waals surface area contributed by atoms with E-state index in [2.05, 4.69) is 178 Å². The Balaban J connectivity index is -0.000000162. The Labute approximate surface area is 411 Å². The number of hydrogen-bond donors (Lipinski definition) is 0. The van der Waals surface area contributed by atoms with E-state index in [-0.39, 0.29) is 34.5 Å². The quantitative estimate of drug-likeness (QED) is 0.153. The molecule has 0 atom stereocenters. The zero-order valence-electron chi connectivity index (χ0n) is 48.1. The molecule has 0 saturated heterocycles. The van der Waals surface area contributed by atoms with Gasteiger partial charge in [-0.3, -0.25) is 15.0 Å². The number of aromatic nitrogens is 7. The number of aryl methyl sites for hydroxylation is 5. The smallest absolute Gasteiger partial charge is 0.115 e. The minimum Gasteiger partial charge on any atom is -0.264 e. The summed E-state index contributed by atoms with van der Waals surface area (Å²) in [7, 11) is 0. The summed E-state index contributed by atoms with van der Waals surface area (Å²) in [4.78, 5) is 29.0. The van der Waals surface area contributed by atoms with E-state index in [1.54, 1.807) is 12.7 Å². The van der Waals surface area contributed by atoms with Crippen LogP contribution in [0.4, 0.5) is 0 Å². The summed E-state index contributed by atoms with van der Waals surface area (Å²) in [5.41, 5.74) is 13.1. The highest BCUT2D eigenvalue weighted by Gasteiger charge is 2.19. The van der Waals surface area contributed by atoms with Crippen molar-refractivity contribution in [1.29, 1.82) is 0 Å².